The van der Waals surface area contributed by atoms with E-state index >= 15 is 0 Å². The zero-order chi connectivity index (χ0) is 12.5. The summed E-state index contributed by atoms with van der Waals surface area (Å²) in [6.07, 6.45) is -0.566. The topological polar surface area (TPSA) is 66.5 Å². The number of aliphatic hydroxyl groups is 1. The molecule has 0 aromatic heterocycles. The van der Waals surface area contributed by atoms with Crippen molar-refractivity contribution in [3.8, 4) is 5.75 Å². The van der Waals surface area contributed by atoms with E-state index in [-0.39, 0.29) is 5.92 Å². The molecule has 0 aliphatic carbocycles. The molecule has 16 heavy (non-hydrogen) atoms. The molecule has 0 bridgehead atoms. The van der Waals surface area contributed by atoms with Gasteiger partial charge < -0.3 is 15.9 Å². The number of hydrogen-bond donors (Lipinski definition) is 3. The molecule has 1 aromatic carbocycles. The molecule has 0 saturated heterocycles. The van der Waals surface area contributed by atoms with Crippen LogP contribution in [0.5, 0.6) is 5.75 Å². The molecule has 3 heteroatoms. The molecule has 4 N–H and O–H groups in total. The van der Waals surface area contributed by atoms with Crippen molar-refractivity contribution in [3.05, 3.63) is 28.8 Å². The Hall–Kier alpha value is -1.06. The summed E-state index contributed by atoms with van der Waals surface area (Å²) in [5.74, 6) is 0.416. The molecule has 3 nitrogen and oxygen atoms in total. The van der Waals surface area contributed by atoms with Crippen LogP contribution in [0, 0.1) is 19.8 Å². The maximum atomic E-state index is 9.91. The van der Waals surface area contributed by atoms with E-state index in [0.717, 1.165) is 16.7 Å². The molecule has 0 fully saturated rings. The van der Waals surface area contributed by atoms with Gasteiger partial charge in [0.25, 0.3) is 0 Å². The second-order valence-corrected chi connectivity index (χ2v) is 4.76. The number of hydrogen-bond acceptors (Lipinski definition) is 3. The van der Waals surface area contributed by atoms with Gasteiger partial charge in [0.2, 0.25) is 0 Å². The number of aliphatic hydroxyl groups excluding tert-OH is 1. The van der Waals surface area contributed by atoms with Crippen molar-refractivity contribution in [2.75, 3.05) is 0 Å². The van der Waals surface area contributed by atoms with E-state index in [0.29, 0.717) is 5.75 Å². The summed E-state index contributed by atoms with van der Waals surface area (Å²) in [5, 5.41) is 19.6. The summed E-state index contributed by atoms with van der Waals surface area (Å²) in [6, 6.07) is 3.26. The van der Waals surface area contributed by atoms with E-state index in [1.54, 1.807) is 0 Å². The second kappa shape index (κ2) is 4.85. The lowest BCUT2D eigenvalue weighted by Gasteiger charge is -2.23. The van der Waals surface area contributed by atoms with Crippen LogP contribution in [0.4, 0.5) is 0 Å². The molecular weight excluding hydrogens is 202 g/mol. The third-order valence-electron chi connectivity index (χ3n) is 2.95. The first-order valence-electron chi connectivity index (χ1n) is 5.58. The van der Waals surface area contributed by atoms with Crippen molar-refractivity contribution in [3.63, 3.8) is 0 Å². The number of aromatic hydroxyl groups is 1. The molecular formula is C13H21NO2. The van der Waals surface area contributed by atoms with Gasteiger partial charge in [0.05, 0.1) is 12.1 Å². The minimum Gasteiger partial charge on any atom is -0.507 e. The summed E-state index contributed by atoms with van der Waals surface area (Å²) in [6.45, 7) is 7.54. The van der Waals surface area contributed by atoms with Crippen molar-refractivity contribution >= 4 is 0 Å². The standard InChI is InChI=1S/C13H21NO2/c1-7(2)12(15)11(14)10-5-8(3)13(16)9(4)6-10/h5-7,11-12,15-16H,14H2,1-4H3/t11-,12+/m0/s1. The number of phenolic OH excluding ortho intramolecular Hbond substituents is 1. The first kappa shape index (κ1) is 13.0. The summed E-state index contributed by atoms with van der Waals surface area (Å²) in [5.41, 5.74) is 8.45. The van der Waals surface area contributed by atoms with Gasteiger partial charge in [-0.2, -0.15) is 0 Å². The molecule has 0 saturated carbocycles. The van der Waals surface area contributed by atoms with Gasteiger partial charge in [0.1, 0.15) is 5.75 Å². The fourth-order valence-electron chi connectivity index (χ4n) is 1.79. The predicted molar refractivity (Wildman–Crippen MR) is 65.4 cm³/mol. The molecule has 0 amide bonds. The Balaban J connectivity index is 3.05. The molecule has 0 radical (unpaired) electrons. The zero-order valence-corrected chi connectivity index (χ0v) is 10.4. The SMILES string of the molecule is Cc1cc([C@H](N)[C@H](O)C(C)C)cc(C)c1O. The maximum Gasteiger partial charge on any atom is 0.121 e. The van der Waals surface area contributed by atoms with E-state index in [1.165, 1.54) is 0 Å². The van der Waals surface area contributed by atoms with Crippen LogP contribution in [0.2, 0.25) is 0 Å². The van der Waals surface area contributed by atoms with Crippen LogP contribution in [-0.4, -0.2) is 16.3 Å². The van der Waals surface area contributed by atoms with Gasteiger partial charge in [0, 0.05) is 0 Å². The van der Waals surface area contributed by atoms with Crippen LogP contribution in [0.25, 0.3) is 0 Å². The minimum atomic E-state index is -0.566. The molecule has 90 valence electrons. The van der Waals surface area contributed by atoms with E-state index in [4.69, 9.17) is 5.73 Å². The highest BCUT2D eigenvalue weighted by atomic mass is 16.3. The van der Waals surface area contributed by atoms with E-state index in [9.17, 15) is 10.2 Å². The number of nitrogens with two attached hydrogens (primary N) is 1. The van der Waals surface area contributed by atoms with Crippen molar-refractivity contribution in [1.29, 1.82) is 0 Å². The van der Waals surface area contributed by atoms with Crippen LogP contribution in [0.15, 0.2) is 12.1 Å². The lowest BCUT2D eigenvalue weighted by molar-refractivity contribution is 0.0979. The Kier molecular flexibility index (Phi) is 3.94. The summed E-state index contributed by atoms with van der Waals surface area (Å²) < 4.78 is 0. The maximum absolute atomic E-state index is 9.91. The van der Waals surface area contributed by atoms with Crippen molar-refractivity contribution in [1.82, 2.24) is 0 Å². The Morgan fingerprint density at radius 3 is 1.94 bits per heavy atom. The van der Waals surface area contributed by atoms with Crippen LogP contribution >= 0.6 is 0 Å². The normalized spacial score (nSPS) is 15.2. The van der Waals surface area contributed by atoms with Crippen LogP contribution in [0.1, 0.15) is 36.6 Å². The molecule has 0 unspecified atom stereocenters. The van der Waals surface area contributed by atoms with Gasteiger partial charge in [-0.1, -0.05) is 26.0 Å². The van der Waals surface area contributed by atoms with E-state index < -0.39 is 12.1 Å². The van der Waals surface area contributed by atoms with E-state index in [2.05, 4.69) is 0 Å². The summed E-state index contributed by atoms with van der Waals surface area (Å²) in [7, 11) is 0. The molecule has 2 atom stereocenters. The highest BCUT2D eigenvalue weighted by molar-refractivity contribution is 5.43. The third kappa shape index (κ3) is 2.54. The number of phenols is 1. The largest absolute Gasteiger partial charge is 0.507 e. The number of aryl methyl sites for hydroxylation is 2. The van der Waals surface area contributed by atoms with Crippen LogP contribution < -0.4 is 5.73 Å². The Morgan fingerprint density at radius 2 is 1.56 bits per heavy atom. The first-order chi connectivity index (χ1) is 7.34. The molecule has 0 heterocycles. The minimum absolute atomic E-state index is 0.115. The fourth-order valence-corrected chi connectivity index (χ4v) is 1.79. The summed E-state index contributed by atoms with van der Waals surface area (Å²) in [4.78, 5) is 0. The second-order valence-electron chi connectivity index (χ2n) is 4.76. The van der Waals surface area contributed by atoms with E-state index in [1.807, 2.05) is 39.8 Å². The van der Waals surface area contributed by atoms with Crippen molar-refractivity contribution in [2.24, 2.45) is 11.7 Å². The molecule has 1 rings (SSSR count). The van der Waals surface area contributed by atoms with Crippen LogP contribution in [-0.2, 0) is 0 Å². The fraction of sp³-hybridized carbons (Fsp3) is 0.538. The van der Waals surface area contributed by atoms with Gasteiger partial charge in [-0.3, -0.25) is 0 Å². The van der Waals surface area contributed by atoms with Gasteiger partial charge in [-0.25, -0.2) is 0 Å². The van der Waals surface area contributed by atoms with Crippen LogP contribution in [0.3, 0.4) is 0 Å². The number of benzene rings is 1. The van der Waals surface area contributed by atoms with Crippen molar-refractivity contribution in [2.45, 2.75) is 39.8 Å². The monoisotopic (exact) mass is 223 g/mol. The third-order valence-corrected chi connectivity index (χ3v) is 2.95. The Morgan fingerprint density at radius 1 is 1.12 bits per heavy atom. The van der Waals surface area contributed by atoms with Gasteiger partial charge in [0.15, 0.2) is 0 Å². The van der Waals surface area contributed by atoms with Crippen molar-refractivity contribution < 1.29 is 10.2 Å². The van der Waals surface area contributed by atoms with Gasteiger partial charge in [-0.05, 0) is 36.5 Å². The number of rotatable bonds is 3. The smallest absolute Gasteiger partial charge is 0.121 e. The predicted octanol–water partition coefficient (Wildman–Crippen LogP) is 2.03. The molecule has 1 aromatic rings. The highest BCUT2D eigenvalue weighted by Crippen LogP contribution is 2.27. The average Bonchev–Trinajstić information content (AvgIpc) is 2.22. The zero-order valence-electron chi connectivity index (χ0n) is 10.4. The molecule has 0 spiro atoms. The lowest BCUT2D eigenvalue weighted by atomic mass is 9.92. The highest BCUT2D eigenvalue weighted by Gasteiger charge is 2.21. The van der Waals surface area contributed by atoms with Gasteiger partial charge >= 0.3 is 0 Å². The lowest BCUT2D eigenvalue weighted by Crippen LogP contribution is -2.30. The molecule has 0 aliphatic rings. The average molecular weight is 223 g/mol. The Labute approximate surface area is 96.9 Å². The summed E-state index contributed by atoms with van der Waals surface area (Å²) >= 11 is 0. The quantitative estimate of drug-likeness (QED) is 0.734. The first-order valence-corrected chi connectivity index (χ1v) is 5.58. The van der Waals surface area contributed by atoms with Gasteiger partial charge in [-0.15, -0.1) is 0 Å². The Bertz CT molecular complexity index is 351. The molecule has 0 aliphatic heterocycles.